The van der Waals surface area contributed by atoms with Crippen molar-refractivity contribution in [1.82, 2.24) is 10.6 Å². The molecule has 154 valence electrons. The second-order valence-electron chi connectivity index (χ2n) is 7.29. The Balaban J connectivity index is 1.93. The van der Waals surface area contributed by atoms with Crippen LogP contribution in [0.3, 0.4) is 0 Å². The van der Waals surface area contributed by atoms with Crippen LogP contribution in [0.4, 0.5) is 10.5 Å². The number of amides is 3. The molecule has 0 bridgehead atoms. The molecule has 2 unspecified atom stereocenters. The molecule has 1 aromatic carbocycles. The molecule has 2 rings (SSSR count). The zero-order valence-electron chi connectivity index (χ0n) is 16.5. The first-order valence-corrected chi connectivity index (χ1v) is 10.4. The molecule has 8 heteroatoms. The molecule has 0 aliphatic carbocycles. The van der Waals surface area contributed by atoms with Crippen LogP contribution >= 0.6 is 15.9 Å². The molecule has 0 radical (unpaired) electrons. The molecule has 2 N–H and O–H groups in total. The topological polar surface area (TPSA) is 87.7 Å². The summed E-state index contributed by atoms with van der Waals surface area (Å²) in [6.07, 6.45) is 0.401. The normalized spacial score (nSPS) is 17.5. The largest absolute Gasteiger partial charge is 0.450 e. The molecular weight excluding hydrogens is 426 g/mol. The van der Waals surface area contributed by atoms with Crippen LogP contribution < -0.4 is 15.5 Å². The number of hydrogen-bond donors (Lipinski definition) is 2. The first kappa shape index (κ1) is 22.2. The summed E-state index contributed by atoms with van der Waals surface area (Å²) in [5.41, 5.74) is 0.768. The van der Waals surface area contributed by atoms with E-state index in [1.807, 2.05) is 38.1 Å². The number of nitrogens with zero attached hydrogens (tertiary/aromatic N) is 1. The van der Waals surface area contributed by atoms with Gasteiger partial charge in [-0.15, -0.1) is 0 Å². The molecule has 7 nitrogen and oxygen atoms in total. The van der Waals surface area contributed by atoms with Crippen molar-refractivity contribution in [2.45, 2.75) is 39.7 Å². The van der Waals surface area contributed by atoms with E-state index < -0.39 is 12.0 Å². The van der Waals surface area contributed by atoms with Gasteiger partial charge in [-0.05, 0) is 47.3 Å². The third kappa shape index (κ3) is 6.22. The molecule has 0 aromatic heterocycles. The predicted molar refractivity (Wildman–Crippen MR) is 111 cm³/mol. The van der Waals surface area contributed by atoms with E-state index in [1.54, 1.807) is 11.8 Å². The summed E-state index contributed by atoms with van der Waals surface area (Å²) in [5.74, 6) is -0.317. The molecule has 2 atom stereocenters. The van der Waals surface area contributed by atoms with Crippen LogP contribution in [-0.2, 0) is 14.3 Å². The fraction of sp³-hybridized carbons (Fsp3) is 0.550. The lowest BCUT2D eigenvalue weighted by Gasteiger charge is -2.22. The third-order valence-electron chi connectivity index (χ3n) is 4.52. The van der Waals surface area contributed by atoms with E-state index >= 15 is 0 Å². The molecule has 1 fully saturated rings. The van der Waals surface area contributed by atoms with Gasteiger partial charge in [-0.3, -0.25) is 9.59 Å². The molecule has 1 heterocycles. The van der Waals surface area contributed by atoms with E-state index in [0.717, 1.165) is 10.2 Å². The monoisotopic (exact) mass is 453 g/mol. The SMILES string of the molecule is CCOC(=O)NC(CNC(=O)C1CC(=O)N(c2ccccc2Br)C1)CC(C)C. The third-order valence-corrected chi connectivity index (χ3v) is 5.19. The van der Waals surface area contributed by atoms with E-state index in [1.165, 1.54) is 0 Å². The van der Waals surface area contributed by atoms with Gasteiger partial charge in [0.25, 0.3) is 0 Å². The molecule has 28 heavy (non-hydrogen) atoms. The van der Waals surface area contributed by atoms with Gasteiger partial charge in [-0.25, -0.2) is 4.79 Å². The summed E-state index contributed by atoms with van der Waals surface area (Å²) in [5, 5.41) is 5.67. The number of hydrogen-bond acceptors (Lipinski definition) is 4. The van der Waals surface area contributed by atoms with Gasteiger partial charge in [-0.2, -0.15) is 0 Å². The van der Waals surface area contributed by atoms with Gasteiger partial charge in [0, 0.05) is 30.0 Å². The van der Waals surface area contributed by atoms with Gasteiger partial charge in [-0.1, -0.05) is 26.0 Å². The van der Waals surface area contributed by atoms with Crippen LogP contribution in [0, 0.1) is 11.8 Å². The highest BCUT2D eigenvalue weighted by Gasteiger charge is 2.35. The van der Waals surface area contributed by atoms with Crippen molar-refractivity contribution in [3.63, 3.8) is 0 Å². The summed E-state index contributed by atoms with van der Waals surface area (Å²) in [7, 11) is 0. The second-order valence-corrected chi connectivity index (χ2v) is 8.15. The van der Waals surface area contributed by atoms with E-state index in [-0.39, 0.29) is 24.3 Å². The standard InChI is InChI=1S/C20H28BrN3O4/c1-4-28-20(27)23-15(9-13(2)3)11-22-19(26)14-10-18(25)24(12-14)17-8-6-5-7-16(17)21/h5-8,13-15H,4,9-12H2,1-3H3,(H,22,26)(H,23,27). The number of ether oxygens (including phenoxy) is 1. The summed E-state index contributed by atoms with van der Waals surface area (Å²) >= 11 is 3.45. The number of benzene rings is 1. The maximum Gasteiger partial charge on any atom is 0.407 e. The molecule has 1 aliphatic rings. The molecule has 0 saturated carbocycles. The molecule has 3 amide bonds. The number of rotatable bonds is 8. The van der Waals surface area contributed by atoms with Crippen molar-refractivity contribution in [2.24, 2.45) is 11.8 Å². The van der Waals surface area contributed by atoms with Crippen LogP contribution in [0.5, 0.6) is 0 Å². The smallest absolute Gasteiger partial charge is 0.407 e. The quantitative estimate of drug-likeness (QED) is 0.632. The van der Waals surface area contributed by atoms with Crippen LogP contribution in [0.15, 0.2) is 28.7 Å². The van der Waals surface area contributed by atoms with Crippen molar-refractivity contribution in [3.8, 4) is 0 Å². The Hall–Kier alpha value is -2.09. The van der Waals surface area contributed by atoms with Gasteiger partial charge in [0.05, 0.1) is 18.2 Å². The summed E-state index contributed by atoms with van der Waals surface area (Å²) in [4.78, 5) is 38.3. The summed E-state index contributed by atoms with van der Waals surface area (Å²) < 4.78 is 5.75. The number of nitrogens with one attached hydrogen (secondary N) is 2. The highest BCUT2D eigenvalue weighted by molar-refractivity contribution is 9.10. The van der Waals surface area contributed by atoms with Gasteiger partial charge >= 0.3 is 6.09 Å². The second kappa shape index (κ2) is 10.5. The molecule has 1 saturated heterocycles. The minimum Gasteiger partial charge on any atom is -0.450 e. The van der Waals surface area contributed by atoms with Gasteiger partial charge < -0.3 is 20.3 Å². The van der Waals surface area contributed by atoms with Crippen molar-refractivity contribution in [2.75, 3.05) is 24.6 Å². The number of halogens is 1. The Kier molecular flexibility index (Phi) is 8.29. The van der Waals surface area contributed by atoms with E-state index in [0.29, 0.717) is 32.0 Å². The highest BCUT2D eigenvalue weighted by Crippen LogP contribution is 2.31. The van der Waals surface area contributed by atoms with Crippen molar-refractivity contribution in [1.29, 1.82) is 0 Å². The fourth-order valence-electron chi connectivity index (χ4n) is 3.26. The summed E-state index contributed by atoms with van der Waals surface area (Å²) in [6, 6.07) is 7.24. The molecule has 0 spiro atoms. The predicted octanol–water partition coefficient (Wildman–Crippen LogP) is 3.08. The average Bonchev–Trinajstić information content (AvgIpc) is 3.01. The highest BCUT2D eigenvalue weighted by atomic mass is 79.9. The fourth-order valence-corrected chi connectivity index (χ4v) is 3.76. The summed E-state index contributed by atoms with van der Waals surface area (Å²) in [6.45, 7) is 6.77. The molecule has 1 aromatic rings. The number of carbonyl (C=O) groups excluding carboxylic acids is 3. The number of para-hydroxylation sites is 1. The average molecular weight is 454 g/mol. The lowest BCUT2D eigenvalue weighted by molar-refractivity contribution is -0.126. The maximum atomic E-state index is 12.6. The minimum absolute atomic E-state index is 0.0737. The molecular formula is C20H28BrN3O4. The van der Waals surface area contributed by atoms with Crippen molar-refractivity contribution >= 4 is 39.5 Å². The first-order chi connectivity index (χ1) is 13.3. The number of alkyl carbamates (subject to hydrolysis) is 1. The lowest BCUT2D eigenvalue weighted by Crippen LogP contribution is -2.46. The first-order valence-electron chi connectivity index (χ1n) is 9.57. The Morgan fingerprint density at radius 2 is 2.04 bits per heavy atom. The van der Waals surface area contributed by atoms with E-state index in [2.05, 4.69) is 26.6 Å². The van der Waals surface area contributed by atoms with Crippen LogP contribution in [0.2, 0.25) is 0 Å². The Bertz CT molecular complexity index is 710. The Morgan fingerprint density at radius 3 is 2.68 bits per heavy atom. The van der Waals surface area contributed by atoms with Crippen LogP contribution in [0.25, 0.3) is 0 Å². The molecule has 1 aliphatic heterocycles. The zero-order chi connectivity index (χ0) is 20.7. The van der Waals surface area contributed by atoms with E-state index in [4.69, 9.17) is 4.74 Å². The Labute approximate surface area is 174 Å². The van der Waals surface area contributed by atoms with Crippen molar-refractivity contribution in [3.05, 3.63) is 28.7 Å². The lowest BCUT2D eigenvalue weighted by atomic mass is 10.0. The number of carbonyl (C=O) groups is 3. The Morgan fingerprint density at radius 1 is 1.32 bits per heavy atom. The van der Waals surface area contributed by atoms with Crippen LogP contribution in [-0.4, -0.2) is 43.6 Å². The number of anilines is 1. The van der Waals surface area contributed by atoms with E-state index in [9.17, 15) is 14.4 Å². The van der Waals surface area contributed by atoms with Gasteiger partial charge in [0.1, 0.15) is 0 Å². The van der Waals surface area contributed by atoms with Gasteiger partial charge in [0.2, 0.25) is 11.8 Å². The zero-order valence-corrected chi connectivity index (χ0v) is 18.1. The maximum absolute atomic E-state index is 12.6. The van der Waals surface area contributed by atoms with Crippen molar-refractivity contribution < 1.29 is 19.1 Å². The minimum atomic E-state index is -0.487. The van der Waals surface area contributed by atoms with Crippen LogP contribution in [0.1, 0.15) is 33.6 Å². The van der Waals surface area contributed by atoms with Gasteiger partial charge in [0.15, 0.2) is 0 Å².